The Labute approximate surface area is 211 Å². The number of methoxy groups -OCH3 is 1. The van der Waals surface area contributed by atoms with Gasteiger partial charge in [0, 0.05) is 22.9 Å². The topological polar surface area (TPSA) is 71.4 Å². The van der Waals surface area contributed by atoms with E-state index in [0.717, 1.165) is 33.9 Å². The lowest BCUT2D eigenvalue weighted by atomic mass is 10.0. The molecule has 0 bridgehead atoms. The zero-order valence-corrected chi connectivity index (χ0v) is 20.7. The van der Waals surface area contributed by atoms with Gasteiger partial charge in [-0.2, -0.15) is 5.26 Å². The zero-order chi connectivity index (χ0) is 25.5. The molecule has 0 fully saturated rings. The molecule has 4 aromatic carbocycles. The molecular formula is C31H28N2O3. The molecule has 0 spiro atoms. The van der Waals surface area contributed by atoms with Crippen LogP contribution in [0.3, 0.4) is 0 Å². The van der Waals surface area contributed by atoms with Crippen LogP contribution in [0.1, 0.15) is 29.2 Å². The van der Waals surface area contributed by atoms with Gasteiger partial charge in [0.1, 0.15) is 29.7 Å². The summed E-state index contributed by atoms with van der Waals surface area (Å²) in [5.74, 6) is 0.679. The summed E-state index contributed by atoms with van der Waals surface area (Å²) in [6, 6.07) is 27.3. The van der Waals surface area contributed by atoms with E-state index in [4.69, 9.17) is 9.47 Å². The lowest BCUT2D eigenvalue weighted by Gasteiger charge is -2.15. The highest BCUT2D eigenvalue weighted by Gasteiger charge is 2.14. The number of rotatable bonds is 8. The van der Waals surface area contributed by atoms with Gasteiger partial charge in [-0.1, -0.05) is 61.5 Å². The first-order valence-corrected chi connectivity index (χ1v) is 11.8. The van der Waals surface area contributed by atoms with Crippen molar-refractivity contribution in [3.8, 4) is 17.6 Å². The third kappa shape index (κ3) is 5.39. The number of ether oxygens (including phenoxy) is 2. The molecule has 4 aromatic rings. The minimum absolute atomic E-state index is 0.0164. The van der Waals surface area contributed by atoms with Crippen LogP contribution < -0.4 is 14.8 Å². The van der Waals surface area contributed by atoms with Crippen molar-refractivity contribution in [2.24, 2.45) is 0 Å². The molecule has 0 saturated heterocycles. The van der Waals surface area contributed by atoms with E-state index in [9.17, 15) is 10.1 Å². The summed E-state index contributed by atoms with van der Waals surface area (Å²) in [4.78, 5) is 13.0. The molecule has 0 aliphatic carbocycles. The second-order valence-electron chi connectivity index (χ2n) is 8.41. The number of nitriles is 1. The molecule has 180 valence electrons. The third-order valence-corrected chi connectivity index (χ3v) is 6.18. The number of amides is 1. The van der Waals surface area contributed by atoms with E-state index >= 15 is 0 Å². The van der Waals surface area contributed by atoms with Gasteiger partial charge in [-0.3, -0.25) is 4.79 Å². The Morgan fingerprint density at radius 3 is 2.58 bits per heavy atom. The van der Waals surface area contributed by atoms with Crippen LogP contribution in [0.5, 0.6) is 11.5 Å². The Morgan fingerprint density at radius 1 is 1.03 bits per heavy atom. The number of fused-ring (bicyclic) bond motifs is 1. The van der Waals surface area contributed by atoms with Crippen LogP contribution in [0.4, 0.5) is 5.69 Å². The van der Waals surface area contributed by atoms with Crippen molar-refractivity contribution in [2.45, 2.75) is 26.9 Å². The van der Waals surface area contributed by atoms with E-state index in [-0.39, 0.29) is 5.57 Å². The average Bonchev–Trinajstić information content (AvgIpc) is 2.91. The SMILES string of the molecule is CCc1ccccc1NC(=O)/C(C#N)=C/c1ccc(OC)cc1OCc1c(C)ccc2ccccc12. The summed E-state index contributed by atoms with van der Waals surface area (Å²) in [6.07, 6.45) is 2.32. The Bertz CT molecular complexity index is 1480. The number of aryl methyl sites for hydroxylation is 2. The van der Waals surface area contributed by atoms with E-state index < -0.39 is 5.91 Å². The predicted octanol–water partition coefficient (Wildman–Crippen LogP) is 6.84. The summed E-state index contributed by atoms with van der Waals surface area (Å²) < 4.78 is 11.7. The highest BCUT2D eigenvalue weighted by Crippen LogP contribution is 2.30. The van der Waals surface area contributed by atoms with Crippen molar-refractivity contribution in [3.05, 3.63) is 107 Å². The largest absolute Gasteiger partial charge is 0.497 e. The van der Waals surface area contributed by atoms with Crippen LogP contribution >= 0.6 is 0 Å². The molecule has 36 heavy (non-hydrogen) atoms. The molecular weight excluding hydrogens is 448 g/mol. The summed E-state index contributed by atoms with van der Waals surface area (Å²) >= 11 is 0. The molecule has 0 atom stereocenters. The maximum atomic E-state index is 13.0. The number of nitrogens with one attached hydrogen (secondary N) is 1. The number of hydrogen-bond donors (Lipinski definition) is 1. The quantitative estimate of drug-likeness (QED) is 0.223. The van der Waals surface area contributed by atoms with Gasteiger partial charge in [0.25, 0.3) is 5.91 Å². The molecule has 0 unspecified atom stereocenters. The van der Waals surface area contributed by atoms with Gasteiger partial charge in [-0.05, 0) is 59.5 Å². The molecule has 1 amide bonds. The number of para-hydroxylation sites is 1. The van der Waals surface area contributed by atoms with Gasteiger partial charge in [-0.15, -0.1) is 0 Å². The predicted molar refractivity (Wildman–Crippen MR) is 144 cm³/mol. The van der Waals surface area contributed by atoms with E-state index in [1.165, 1.54) is 0 Å². The van der Waals surface area contributed by atoms with E-state index in [2.05, 4.69) is 36.5 Å². The van der Waals surface area contributed by atoms with Crippen LogP contribution in [0.25, 0.3) is 16.8 Å². The van der Waals surface area contributed by atoms with Gasteiger partial charge >= 0.3 is 0 Å². The molecule has 4 rings (SSSR count). The minimum atomic E-state index is -0.468. The first kappa shape index (κ1) is 24.6. The maximum absolute atomic E-state index is 13.0. The normalized spacial score (nSPS) is 11.1. The van der Waals surface area contributed by atoms with Gasteiger partial charge in [0.2, 0.25) is 0 Å². The lowest BCUT2D eigenvalue weighted by Crippen LogP contribution is -2.14. The fourth-order valence-electron chi connectivity index (χ4n) is 4.12. The number of benzene rings is 4. The monoisotopic (exact) mass is 476 g/mol. The fourth-order valence-corrected chi connectivity index (χ4v) is 4.12. The van der Waals surface area contributed by atoms with Crippen LogP contribution in [-0.4, -0.2) is 13.0 Å². The Balaban J connectivity index is 1.65. The third-order valence-electron chi connectivity index (χ3n) is 6.18. The van der Waals surface area contributed by atoms with Gasteiger partial charge in [0.15, 0.2) is 0 Å². The number of hydrogen-bond acceptors (Lipinski definition) is 4. The molecule has 0 radical (unpaired) electrons. The average molecular weight is 477 g/mol. The van der Waals surface area contributed by atoms with Crippen molar-refractivity contribution in [2.75, 3.05) is 12.4 Å². The Hall–Kier alpha value is -4.56. The molecule has 0 aliphatic heterocycles. The van der Waals surface area contributed by atoms with Gasteiger partial charge in [-0.25, -0.2) is 0 Å². The van der Waals surface area contributed by atoms with Gasteiger partial charge in [0.05, 0.1) is 7.11 Å². The molecule has 0 aliphatic rings. The van der Waals surface area contributed by atoms with E-state index in [1.54, 1.807) is 31.4 Å². The first-order chi connectivity index (χ1) is 17.5. The molecule has 0 heterocycles. The molecule has 1 N–H and O–H groups in total. The fraction of sp³-hybridized carbons (Fsp3) is 0.161. The highest BCUT2D eigenvalue weighted by atomic mass is 16.5. The molecule has 5 heteroatoms. The van der Waals surface area contributed by atoms with Crippen LogP contribution in [0, 0.1) is 18.3 Å². The number of carbonyl (C=O) groups is 1. The Morgan fingerprint density at radius 2 is 1.81 bits per heavy atom. The number of nitrogens with zero attached hydrogens (tertiary/aromatic N) is 1. The van der Waals surface area contributed by atoms with Crippen LogP contribution in [0.15, 0.2) is 84.4 Å². The first-order valence-electron chi connectivity index (χ1n) is 11.8. The van der Waals surface area contributed by atoms with Crippen molar-refractivity contribution in [1.29, 1.82) is 5.26 Å². The highest BCUT2D eigenvalue weighted by molar-refractivity contribution is 6.10. The lowest BCUT2D eigenvalue weighted by molar-refractivity contribution is -0.112. The standard InChI is InChI=1S/C31H28N2O3/c1-4-22-9-6-8-12-29(22)33-31(34)25(19-32)17-24-15-16-26(35-3)18-30(24)36-20-28-21(2)13-14-23-10-5-7-11-27(23)28/h5-18H,4,20H2,1-3H3,(H,33,34)/b25-17+. The summed E-state index contributed by atoms with van der Waals surface area (Å²) in [5, 5.41) is 14.9. The maximum Gasteiger partial charge on any atom is 0.266 e. The summed E-state index contributed by atoms with van der Waals surface area (Å²) in [5.41, 5.74) is 4.51. The number of anilines is 1. The van der Waals surface area contributed by atoms with Crippen molar-refractivity contribution >= 4 is 28.4 Å². The van der Waals surface area contributed by atoms with Crippen molar-refractivity contribution in [3.63, 3.8) is 0 Å². The Kier molecular flexibility index (Phi) is 7.67. The summed E-state index contributed by atoms with van der Waals surface area (Å²) in [7, 11) is 1.59. The van der Waals surface area contributed by atoms with Gasteiger partial charge < -0.3 is 14.8 Å². The minimum Gasteiger partial charge on any atom is -0.497 e. The second-order valence-corrected chi connectivity index (χ2v) is 8.41. The van der Waals surface area contributed by atoms with Crippen LogP contribution in [-0.2, 0) is 17.8 Å². The number of carbonyl (C=O) groups excluding carboxylic acids is 1. The van der Waals surface area contributed by atoms with Crippen molar-refractivity contribution < 1.29 is 14.3 Å². The summed E-state index contributed by atoms with van der Waals surface area (Å²) in [6.45, 7) is 4.41. The zero-order valence-electron chi connectivity index (χ0n) is 20.7. The molecule has 0 saturated carbocycles. The van der Waals surface area contributed by atoms with Crippen molar-refractivity contribution in [1.82, 2.24) is 0 Å². The smallest absolute Gasteiger partial charge is 0.266 e. The van der Waals surface area contributed by atoms with E-state index in [0.29, 0.717) is 29.4 Å². The van der Waals surface area contributed by atoms with Crippen LogP contribution in [0.2, 0.25) is 0 Å². The van der Waals surface area contributed by atoms with E-state index in [1.807, 2.05) is 49.4 Å². The second kappa shape index (κ2) is 11.2. The molecule has 0 aromatic heterocycles. The molecule has 5 nitrogen and oxygen atoms in total.